The van der Waals surface area contributed by atoms with Crippen LogP contribution in [0.3, 0.4) is 0 Å². The molecule has 1 aromatic carbocycles. The number of carbonyl (C=O) groups excluding carboxylic acids is 1. The minimum absolute atomic E-state index is 0.0349. The molecule has 0 bridgehead atoms. The van der Waals surface area contributed by atoms with Crippen LogP contribution in [0.25, 0.3) is 0 Å². The molecule has 5 nitrogen and oxygen atoms in total. The van der Waals surface area contributed by atoms with Gasteiger partial charge in [-0.15, -0.1) is 0 Å². The first-order valence-electron chi connectivity index (χ1n) is 7.04. The van der Waals surface area contributed by atoms with Gasteiger partial charge in [-0.2, -0.15) is 0 Å². The van der Waals surface area contributed by atoms with Crippen molar-refractivity contribution in [3.63, 3.8) is 0 Å². The summed E-state index contributed by atoms with van der Waals surface area (Å²) in [4.78, 5) is 14.1. The molecule has 1 fully saturated rings. The summed E-state index contributed by atoms with van der Waals surface area (Å²) < 4.78 is 5.12. The van der Waals surface area contributed by atoms with Crippen molar-refractivity contribution in [2.75, 3.05) is 39.1 Å². The van der Waals surface area contributed by atoms with Gasteiger partial charge in [-0.1, -0.05) is 6.07 Å². The lowest BCUT2D eigenvalue weighted by Gasteiger charge is -2.15. The van der Waals surface area contributed by atoms with Crippen molar-refractivity contribution in [2.24, 2.45) is 0 Å². The number of nitrogens with one attached hydrogen (secondary N) is 2. The van der Waals surface area contributed by atoms with Gasteiger partial charge in [-0.3, -0.25) is 4.79 Å². The van der Waals surface area contributed by atoms with Crippen LogP contribution in [0.4, 0.5) is 5.69 Å². The predicted octanol–water partition coefficient (Wildman–Crippen LogP) is 1.32. The van der Waals surface area contributed by atoms with Crippen LogP contribution >= 0.6 is 0 Å². The Kier molecular flexibility index (Phi) is 5.38. The summed E-state index contributed by atoms with van der Waals surface area (Å²) in [7, 11) is 3.74. The van der Waals surface area contributed by atoms with Crippen molar-refractivity contribution in [1.29, 1.82) is 0 Å². The van der Waals surface area contributed by atoms with Crippen LogP contribution in [0.2, 0.25) is 0 Å². The minimum Gasteiger partial charge on any atom is -0.497 e. The van der Waals surface area contributed by atoms with E-state index in [1.165, 1.54) is 12.8 Å². The summed E-state index contributed by atoms with van der Waals surface area (Å²) in [5, 5.41) is 6.01. The lowest BCUT2D eigenvalue weighted by Crippen LogP contribution is -2.35. The molecule has 2 rings (SSSR count). The summed E-state index contributed by atoms with van der Waals surface area (Å²) in [6.45, 7) is 2.14. The molecular weight excluding hydrogens is 254 g/mol. The van der Waals surface area contributed by atoms with Gasteiger partial charge in [0.1, 0.15) is 5.75 Å². The van der Waals surface area contributed by atoms with Crippen molar-refractivity contribution in [2.45, 2.75) is 18.9 Å². The summed E-state index contributed by atoms with van der Waals surface area (Å²) in [5.74, 6) is 0.703. The van der Waals surface area contributed by atoms with Gasteiger partial charge in [-0.05, 0) is 32.0 Å². The van der Waals surface area contributed by atoms with Crippen LogP contribution in [0.5, 0.6) is 5.75 Å². The topological polar surface area (TPSA) is 53.6 Å². The van der Waals surface area contributed by atoms with Crippen molar-refractivity contribution < 1.29 is 9.53 Å². The Hall–Kier alpha value is -1.59. The lowest BCUT2D eigenvalue weighted by atomic mass is 10.3. The highest BCUT2D eigenvalue weighted by Gasteiger charge is 2.25. The Morgan fingerprint density at radius 1 is 1.45 bits per heavy atom. The van der Waals surface area contributed by atoms with Crippen molar-refractivity contribution >= 4 is 11.6 Å². The number of benzene rings is 1. The van der Waals surface area contributed by atoms with Crippen molar-refractivity contribution in [3.8, 4) is 5.75 Å². The van der Waals surface area contributed by atoms with Gasteiger partial charge < -0.3 is 20.3 Å². The molecule has 0 radical (unpaired) electrons. The van der Waals surface area contributed by atoms with Gasteiger partial charge in [0.15, 0.2) is 0 Å². The Bertz CT molecular complexity index is 446. The Labute approximate surface area is 120 Å². The standard InChI is InChI=1S/C15H23N3O2/c1-18(13-6-7-13)9-8-16-11-15(19)17-12-4-3-5-14(10-12)20-2/h3-5,10,13,16H,6-9,11H2,1-2H3,(H,17,19). The summed E-state index contributed by atoms with van der Waals surface area (Å²) in [5.41, 5.74) is 0.756. The fourth-order valence-corrected chi connectivity index (χ4v) is 2.06. The minimum atomic E-state index is -0.0349. The molecule has 1 amide bonds. The molecule has 1 aliphatic carbocycles. The average Bonchev–Trinajstić information content (AvgIpc) is 3.28. The summed E-state index contributed by atoms with van der Waals surface area (Å²) in [6.07, 6.45) is 2.62. The molecule has 5 heteroatoms. The second kappa shape index (κ2) is 7.26. The fraction of sp³-hybridized carbons (Fsp3) is 0.533. The maximum Gasteiger partial charge on any atom is 0.238 e. The van der Waals surface area contributed by atoms with Gasteiger partial charge in [-0.25, -0.2) is 0 Å². The zero-order valence-corrected chi connectivity index (χ0v) is 12.2. The zero-order valence-electron chi connectivity index (χ0n) is 12.2. The molecule has 0 spiro atoms. The van der Waals surface area contributed by atoms with E-state index < -0.39 is 0 Å². The van der Waals surface area contributed by atoms with Crippen LogP contribution in [0.15, 0.2) is 24.3 Å². The number of ether oxygens (including phenoxy) is 1. The number of amides is 1. The van der Waals surface area contributed by atoms with E-state index in [9.17, 15) is 4.79 Å². The molecule has 2 N–H and O–H groups in total. The molecule has 0 atom stereocenters. The molecular formula is C15H23N3O2. The zero-order chi connectivity index (χ0) is 14.4. The van der Waals surface area contributed by atoms with Crippen LogP contribution in [-0.4, -0.2) is 50.6 Å². The number of carbonyl (C=O) groups is 1. The van der Waals surface area contributed by atoms with Gasteiger partial charge in [0.25, 0.3) is 0 Å². The number of anilines is 1. The summed E-state index contributed by atoms with van der Waals surface area (Å²) in [6, 6.07) is 8.12. The largest absolute Gasteiger partial charge is 0.497 e. The molecule has 1 aliphatic rings. The second-order valence-corrected chi connectivity index (χ2v) is 5.17. The molecule has 0 saturated heterocycles. The van der Waals surface area contributed by atoms with Gasteiger partial charge >= 0.3 is 0 Å². The van der Waals surface area contributed by atoms with E-state index in [0.717, 1.165) is 30.6 Å². The van der Waals surface area contributed by atoms with E-state index >= 15 is 0 Å². The Morgan fingerprint density at radius 2 is 2.25 bits per heavy atom. The Balaban J connectivity index is 1.64. The predicted molar refractivity (Wildman–Crippen MR) is 80.1 cm³/mol. The number of hydrogen-bond acceptors (Lipinski definition) is 4. The second-order valence-electron chi connectivity index (χ2n) is 5.17. The molecule has 1 aromatic rings. The molecule has 20 heavy (non-hydrogen) atoms. The van der Waals surface area contributed by atoms with Gasteiger partial charge in [0.05, 0.1) is 13.7 Å². The number of likely N-dealkylation sites (N-methyl/N-ethyl adjacent to an activating group) is 1. The maximum absolute atomic E-state index is 11.8. The van der Waals surface area contributed by atoms with E-state index in [2.05, 4.69) is 22.6 Å². The highest BCUT2D eigenvalue weighted by atomic mass is 16.5. The monoisotopic (exact) mass is 277 g/mol. The van der Waals surface area contributed by atoms with Gasteiger partial charge in [0, 0.05) is 30.9 Å². The van der Waals surface area contributed by atoms with E-state index in [1.54, 1.807) is 13.2 Å². The molecule has 0 unspecified atom stereocenters. The number of rotatable bonds is 8. The summed E-state index contributed by atoms with van der Waals surface area (Å²) >= 11 is 0. The Morgan fingerprint density at radius 3 is 2.95 bits per heavy atom. The van der Waals surface area contributed by atoms with Crippen molar-refractivity contribution in [3.05, 3.63) is 24.3 Å². The normalized spacial score (nSPS) is 14.3. The smallest absolute Gasteiger partial charge is 0.238 e. The highest BCUT2D eigenvalue weighted by molar-refractivity contribution is 5.92. The third kappa shape index (κ3) is 4.83. The third-order valence-electron chi connectivity index (χ3n) is 3.45. The SMILES string of the molecule is COc1cccc(NC(=O)CNCCN(C)C2CC2)c1. The average molecular weight is 277 g/mol. The number of nitrogens with zero attached hydrogens (tertiary/aromatic N) is 1. The van der Waals surface area contributed by atoms with E-state index in [-0.39, 0.29) is 5.91 Å². The van der Waals surface area contributed by atoms with Crippen LogP contribution in [-0.2, 0) is 4.79 Å². The number of hydrogen-bond donors (Lipinski definition) is 2. The molecule has 110 valence electrons. The fourth-order valence-electron chi connectivity index (χ4n) is 2.06. The third-order valence-corrected chi connectivity index (χ3v) is 3.45. The molecule has 0 heterocycles. The van der Waals surface area contributed by atoms with Crippen molar-refractivity contribution in [1.82, 2.24) is 10.2 Å². The highest BCUT2D eigenvalue weighted by Crippen LogP contribution is 2.24. The first kappa shape index (κ1) is 14.8. The first-order chi connectivity index (χ1) is 9.69. The van der Waals surface area contributed by atoms with E-state index in [4.69, 9.17) is 4.74 Å². The lowest BCUT2D eigenvalue weighted by molar-refractivity contribution is -0.115. The quantitative estimate of drug-likeness (QED) is 0.704. The number of methoxy groups -OCH3 is 1. The molecule has 0 aromatic heterocycles. The van der Waals surface area contributed by atoms with Crippen LogP contribution in [0, 0.1) is 0 Å². The van der Waals surface area contributed by atoms with Crippen LogP contribution in [0.1, 0.15) is 12.8 Å². The van der Waals surface area contributed by atoms with Crippen LogP contribution < -0.4 is 15.4 Å². The first-order valence-corrected chi connectivity index (χ1v) is 7.04. The maximum atomic E-state index is 11.8. The molecule has 0 aliphatic heterocycles. The van der Waals surface area contributed by atoms with Gasteiger partial charge in [0.2, 0.25) is 5.91 Å². The van der Waals surface area contributed by atoms with E-state index in [0.29, 0.717) is 6.54 Å². The van der Waals surface area contributed by atoms with E-state index in [1.807, 2.05) is 18.2 Å². The molecule has 1 saturated carbocycles.